The van der Waals surface area contributed by atoms with E-state index in [1.807, 2.05) is 30.3 Å². The van der Waals surface area contributed by atoms with Gasteiger partial charge in [0.1, 0.15) is 5.82 Å². The Hall–Kier alpha value is -3.28. The molecule has 0 spiro atoms. The third-order valence-electron chi connectivity index (χ3n) is 3.73. The third kappa shape index (κ3) is 2.69. The second kappa shape index (κ2) is 5.73. The van der Waals surface area contributed by atoms with Crippen molar-refractivity contribution >= 4 is 11.5 Å². The van der Waals surface area contributed by atoms with Gasteiger partial charge in [0.2, 0.25) is 0 Å². The summed E-state index contributed by atoms with van der Waals surface area (Å²) < 4.78 is 14.7. The zero-order valence-electron chi connectivity index (χ0n) is 12.7. The topological polar surface area (TPSA) is 69.1 Å². The summed E-state index contributed by atoms with van der Waals surface area (Å²) in [4.78, 5) is 8.81. The quantitative estimate of drug-likeness (QED) is 0.630. The summed E-state index contributed by atoms with van der Waals surface area (Å²) in [5, 5.41) is 4.48. The Bertz CT molecular complexity index is 993. The number of hydrogen-bond acceptors (Lipinski definition) is 4. The molecule has 0 aliphatic heterocycles. The van der Waals surface area contributed by atoms with Gasteiger partial charge in [0, 0.05) is 12.0 Å². The van der Waals surface area contributed by atoms with E-state index in [1.165, 1.54) is 12.1 Å². The summed E-state index contributed by atoms with van der Waals surface area (Å²) in [6.45, 7) is 0. The van der Waals surface area contributed by atoms with Crippen molar-refractivity contribution in [3.63, 3.8) is 0 Å². The summed E-state index contributed by atoms with van der Waals surface area (Å²) in [6, 6.07) is 16.1. The van der Waals surface area contributed by atoms with Gasteiger partial charge in [-0.2, -0.15) is 5.10 Å². The van der Waals surface area contributed by atoms with Crippen LogP contribution in [0.15, 0.2) is 60.8 Å². The lowest BCUT2D eigenvalue weighted by Crippen LogP contribution is -1.99. The van der Waals surface area contributed by atoms with Crippen molar-refractivity contribution in [2.45, 2.75) is 6.42 Å². The van der Waals surface area contributed by atoms with Crippen LogP contribution in [-0.2, 0) is 6.42 Å². The number of halogens is 1. The van der Waals surface area contributed by atoms with Gasteiger partial charge in [-0.25, -0.2) is 18.9 Å². The number of anilines is 1. The molecule has 24 heavy (non-hydrogen) atoms. The third-order valence-corrected chi connectivity index (χ3v) is 3.73. The van der Waals surface area contributed by atoms with Crippen molar-refractivity contribution in [3.05, 3.63) is 78.0 Å². The molecule has 6 heteroatoms. The SMILES string of the molecule is Nc1nc(-c2ccc(F)cc2)cn2nc(Cc3ccccc3)nc12. The molecule has 0 saturated carbocycles. The monoisotopic (exact) mass is 319 g/mol. The van der Waals surface area contributed by atoms with E-state index in [1.54, 1.807) is 22.8 Å². The fourth-order valence-electron chi connectivity index (χ4n) is 2.57. The van der Waals surface area contributed by atoms with Crippen molar-refractivity contribution < 1.29 is 4.39 Å². The van der Waals surface area contributed by atoms with E-state index in [2.05, 4.69) is 15.1 Å². The molecule has 0 aliphatic carbocycles. The molecule has 5 nitrogen and oxygen atoms in total. The van der Waals surface area contributed by atoms with Gasteiger partial charge in [-0.05, 0) is 29.8 Å². The Morgan fingerprint density at radius 1 is 0.958 bits per heavy atom. The molecular weight excluding hydrogens is 305 g/mol. The summed E-state index contributed by atoms with van der Waals surface area (Å²) in [5.74, 6) is 0.674. The highest BCUT2D eigenvalue weighted by Crippen LogP contribution is 2.21. The van der Waals surface area contributed by atoms with Gasteiger partial charge in [0.15, 0.2) is 17.3 Å². The molecule has 0 atom stereocenters. The summed E-state index contributed by atoms with van der Waals surface area (Å²) in [7, 11) is 0. The first-order valence-corrected chi connectivity index (χ1v) is 7.51. The number of rotatable bonds is 3. The Balaban J connectivity index is 1.74. The van der Waals surface area contributed by atoms with Crippen LogP contribution in [0.5, 0.6) is 0 Å². The fraction of sp³-hybridized carbons (Fsp3) is 0.0556. The first-order chi connectivity index (χ1) is 11.7. The minimum Gasteiger partial charge on any atom is -0.381 e. The normalized spacial score (nSPS) is 11.0. The molecule has 2 N–H and O–H groups in total. The Morgan fingerprint density at radius 2 is 1.71 bits per heavy atom. The van der Waals surface area contributed by atoms with E-state index in [4.69, 9.17) is 5.73 Å². The molecule has 0 unspecified atom stereocenters. The number of aromatic nitrogens is 4. The zero-order chi connectivity index (χ0) is 16.5. The molecule has 0 radical (unpaired) electrons. The highest BCUT2D eigenvalue weighted by molar-refractivity contribution is 5.67. The largest absolute Gasteiger partial charge is 0.381 e. The van der Waals surface area contributed by atoms with Crippen LogP contribution in [0.2, 0.25) is 0 Å². The first kappa shape index (κ1) is 14.3. The molecule has 4 aromatic rings. The van der Waals surface area contributed by atoms with Crippen LogP contribution in [0, 0.1) is 5.82 Å². The lowest BCUT2D eigenvalue weighted by atomic mass is 10.1. The molecule has 4 rings (SSSR count). The number of nitrogens with zero attached hydrogens (tertiary/aromatic N) is 4. The average molecular weight is 319 g/mol. The van der Waals surface area contributed by atoms with E-state index >= 15 is 0 Å². The highest BCUT2D eigenvalue weighted by atomic mass is 19.1. The predicted octanol–water partition coefficient (Wildman–Crippen LogP) is 3.10. The fourth-order valence-corrected chi connectivity index (χ4v) is 2.57. The maximum Gasteiger partial charge on any atom is 0.198 e. The maximum atomic E-state index is 13.1. The molecule has 0 saturated heterocycles. The average Bonchev–Trinajstić information content (AvgIpc) is 2.99. The Labute approximate surface area is 137 Å². The standard InChI is InChI=1S/C18H14FN5/c19-14-8-6-13(7-9-14)15-11-24-18(17(20)21-15)22-16(23-24)10-12-4-2-1-3-5-12/h1-9,11H,10H2,(H2,20,21). The Morgan fingerprint density at radius 3 is 2.46 bits per heavy atom. The van der Waals surface area contributed by atoms with Gasteiger partial charge >= 0.3 is 0 Å². The zero-order valence-corrected chi connectivity index (χ0v) is 12.7. The van der Waals surface area contributed by atoms with Crippen molar-refractivity contribution in [1.82, 2.24) is 19.6 Å². The first-order valence-electron chi connectivity index (χ1n) is 7.51. The van der Waals surface area contributed by atoms with Crippen molar-refractivity contribution in [2.24, 2.45) is 0 Å². The maximum absolute atomic E-state index is 13.1. The van der Waals surface area contributed by atoms with Crippen LogP contribution in [0.1, 0.15) is 11.4 Å². The lowest BCUT2D eigenvalue weighted by Gasteiger charge is -2.03. The number of hydrogen-bond donors (Lipinski definition) is 1. The van der Waals surface area contributed by atoms with E-state index in [-0.39, 0.29) is 5.82 Å². The molecule has 0 bridgehead atoms. The highest BCUT2D eigenvalue weighted by Gasteiger charge is 2.11. The summed E-state index contributed by atoms with van der Waals surface area (Å²) >= 11 is 0. The number of fused-ring (bicyclic) bond motifs is 1. The smallest absolute Gasteiger partial charge is 0.198 e. The molecule has 0 aliphatic rings. The number of nitrogens with two attached hydrogens (primary N) is 1. The summed E-state index contributed by atoms with van der Waals surface area (Å²) in [6.07, 6.45) is 2.37. The van der Waals surface area contributed by atoms with Crippen molar-refractivity contribution in [2.75, 3.05) is 5.73 Å². The molecule has 2 aromatic carbocycles. The molecule has 2 aromatic heterocycles. The van der Waals surface area contributed by atoms with Gasteiger partial charge in [0.05, 0.1) is 11.9 Å². The van der Waals surface area contributed by atoms with E-state index in [0.29, 0.717) is 29.4 Å². The van der Waals surface area contributed by atoms with Crippen LogP contribution in [0.3, 0.4) is 0 Å². The molecular formula is C18H14FN5. The minimum atomic E-state index is -0.293. The minimum absolute atomic E-state index is 0.293. The molecule has 0 amide bonds. The summed E-state index contributed by atoms with van der Waals surface area (Å²) in [5.41, 5.74) is 9.06. The van der Waals surface area contributed by atoms with Gasteiger partial charge in [-0.15, -0.1) is 0 Å². The second-order valence-corrected chi connectivity index (χ2v) is 5.48. The number of nitrogen functional groups attached to an aromatic ring is 1. The van der Waals surface area contributed by atoms with Crippen LogP contribution < -0.4 is 5.73 Å². The van der Waals surface area contributed by atoms with Crippen LogP contribution in [-0.4, -0.2) is 19.6 Å². The van der Waals surface area contributed by atoms with Crippen molar-refractivity contribution in [1.29, 1.82) is 0 Å². The predicted molar refractivity (Wildman–Crippen MR) is 89.8 cm³/mol. The van der Waals surface area contributed by atoms with Gasteiger partial charge < -0.3 is 5.73 Å². The van der Waals surface area contributed by atoms with Gasteiger partial charge in [0.25, 0.3) is 0 Å². The molecule has 0 fully saturated rings. The van der Waals surface area contributed by atoms with Gasteiger partial charge in [-0.1, -0.05) is 30.3 Å². The Kier molecular flexibility index (Phi) is 3.42. The van der Waals surface area contributed by atoms with E-state index < -0.39 is 0 Å². The van der Waals surface area contributed by atoms with Gasteiger partial charge in [-0.3, -0.25) is 0 Å². The molecule has 2 heterocycles. The van der Waals surface area contributed by atoms with Crippen LogP contribution in [0.4, 0.5) is 10.2 Å². The lowest BCUT2D eigenvalue weighted by molar-refractivity contribution is 0.628. The second-order valence-electron chi connectivity index (χ2n) is 5.48. The molecule has 118 valence electrons. The van der Waals surface area contributed by atoms with Crippen LogP contribution >= 0.6 is 0 Å². The van der Waals surface area contributed by atoms with Crippen LogP contribution in [0.25, 0.3) is 16.9 Å². The number of benzene rings is 2. The van der Waals surface area contributed by atoms with Crippen molar-refractivity contribution in [3.8, 4) is 11.3 Å². The van der Waals surface area contributed by atoms with E-state index in [0.717, 1.165) is 11.1 Å². The van der Waals surface area contributed by atoms with E-state index in [9.17, 15) is 4.39 Å².